The minimum Gasteiger partial charge on any atom is -0.383 e. The van der Waals surface area contributed by atoms with Gasteiger partial charge in [-0.25, -0.2) is 4.68 Å². The summed E-state index contributed by atoms with van der Waals surface area (Å²) in [5.74, 6) is 0. The van der Waals surface area contributed by atoms with E-state index in [1.54, 1.807) is 19.5 Å². The summed E-state index contributed by atoms with van der Waals surface area (Å²) >= 11 is 0. The second kappa shape index (κ2) is 6.12. The largest absolute Gasteiger partial charge is 0.383 e. The Morgan fingerprint density at radius 2 is 2.35 bits per heavy atom. The molecule has 0 radical (unpaired) electrons. The summed E-state index contributed by atoms with van der Waals surface area (Å²) in [6.07, 6.45) is 5.47. The monoisotopic (exact) mass is 232 g/mol. The molecule has 0 amide bonds. The zero-order valence-electron chi connectivity index (χ0n) is 9.84. The smallest absolute Gasteiger partial charge is 0.0828 e. The van der Waals surface area contributed by atoms with Crippen LogP contribution in [0.25, 0.3) is 5.69 Å². The Labute approximate surface area is 100 Å². The van der Waals surface area contributed by atoms with Crippen LogP contribution < -0.4 is 5.32 Å². The third-order valence-corrected chi connectivity index (χ3v) is 2.34. The molecule has 0 spiro atoms. The lowest BCUT2D eigenvalue weighted by molar-refractivity contribution is 0.199. The van der Waals surface area contributed by atoms with Crippen LogP contribution in [0, 0.1) is 0 Å². The van der Waals surface area contributed by atoms with Crippen LogP contribution in [-0.2, 0) is 11.3 Å². The van der Waals surface area contributed by atoms with Crippen molar-refractivity contribution in [2.75, 3.05) is 20.3 Å². The van der Waals surface area contributed by atoms with E-state index in [1.165, 1.54) is 0 Å². The van der Waals surface area contributed by atoms with E-state index in [0.717, 1.165) is 24.5 Å². The molecular weight excluding hydrogens is 216 g/mol. The van der Waals surface area contributed by atoms with E-state index in [-0.39, 0.29) is 0 Å². The molecule has 0 unspecified atom stereocenters. The summed E-state index contributed by atoms with van der Waals surface area (Å²) in [7, 11) is 1.69. The maximum atomic E-state index is 4.96. The van der Waals surface area contributed by atoms with Crippen LogP contribution in [0.1, 0.15) is 5.69 Å². The van der Waals surface area contributed by atoms with Gasteiger partial charge in [0, 0.05) is 32.6 Å². The van der Waals surface area contributed by atoms with Gasteiger partial charge in [-0.15, -0.1) is 0 Å². The normalized spacial score (nSPS) is 10.6. The highest BCUT2D eigenvalue weighted by molar-refractivity contribution is 5.26. The van der Waals surface area contributed by atoms with Crippen molar-refractivity contribution >= 4 is 0 Å². The lowest BCUT2D eigenvalue weighted by Crippen LogP contribution is -2.18. The van der Waals surface area contributed by atoms with E-state index >= 15 is 0 Å². The molecule has 1 N–H and O–H groups in total. The molecule has 0 bridgehead atoms. The zero-order valence-corrected chi connectivity index (χ0v) is 9.84. The first-order valence-corrected chi connectivity index (χ1v) is 5.55. The number of ether oxygens (including phenoxy) is 1. The number of pyridine rings is 1. The first-order chi connectivity index (χ1) is 8.40. The summed E-state index contributed by atoms with van der Waals surface area (Å²) in [6.45, 7) is 2.29. The highest BCUT2D eigenvalue weighted by Gasteiger charge is 2.00. The molecule has 0 aliphatic heterocycles. The molecule has 0 aliphatic rings. The Balaban J connectivity index is 1.92. The standard InChI is InChI=1S/C12H16N4O/c1-17-8-6-14-9-11-4-7-16(15-11)12-3-2-5-13-10-12/h2-5,7,10,14H,6,8-9H2,1H3. The predicted octanol–water partition coefficient (Wildman–Crippen LogP) is 1.00. The SMILES string of the molecule is COCCNCc1ccn(-c2cccnc2)n1. The maximum absolute atomic E-state index is 4.96. The number of aromatic nitrogens is 3. The second-order valence-corrected chi connectivity index (χ2v) is 3.63. The van der Waals surface area contributed by atoms with Crippen molar-refractivity contribution in [2.45, 2.75) is 6.54 Å². The number of rotatable bonds is 6. The molecule has 5 nitrogen and oxygen atoms in total. The molecule has 0 saturated heterocycles. The van der Waals surface area contributed by atoms with Crippen molar-refractivity contribution in [1.82, 2.24) is 20.1 Å². The third kappa shape index (κ3) is 3.37. The summed E-state index contributed by atoms with van der Waals surface area (Å²) in [5, 5.41) is 7.70. The van der Waals surface area contributed by atoms with Gasteiger partial charge >= 0.3 is 0 Å². The van der Waals surface area contributed by atoms with Gasteiger partial charge in [-0.2, -0.15) is 5.10 Å². The molecule has 2 rings (SSSR count). The molecule has 0 saturated carbocycles. The molecule has 2 aromatic rings. The van der Waals surface area contributed by atoms with Gasteiger partial charge in [0.15, 0.2) is 0 Å². The van der Waals surface area contributed by atoms with Gasteiger partial charge in [0.25, 0.3) is 0 Å². The van der Waals surface area contributed by atoms with E-state index in [4.69, 9.17) is 4.74 Å². The van der Waals surface area contributed by atoms with Gasteiger partial charge in [-0.05, 0) is 18.2 Å². The number of methoxy groups -OCH3 is 1. The number of hydrogen-bond donors (Lipinski definition) is 1. The summed E-state index contributed by atoms with van der Waals surface area (Å²) in [4.78, 5) is 4.06. The molecule has 0 atom stereocenters. The number of nitrogens with one attached hydrogen (secondary N) is 1. The van der Waals surface area contributed by atoms with Gasteiger partial charge in [0.2, 0.25) is 0 Å². The van der Waals surface area contributed by atoms with Crippen LogP contribution in [0.3, 0.4) is 0 Å². The van der Waals surface area contributed by atoms with Crippen molar-refractivity contribution in [3.05, 3.63) is 42.5 Å². The molecule has 0 aliphatic carbocycles. The average molecular weight is 232 g/mol. The minimum atomic E-state index is 0.712. The third-order valence-electron chi connectivity index (χ3n) is 2.34. The van der Waals surface area contributed by atoms with E-state index in [2.05, 4.69) is 15.4 Å². The van der Waals surface area contributed by atoms with Crippen LogP contribution in [0.2, 0.25) is 0 Å². The number of hydrogen-bond acceptors (Lipinski definition) is 4. The molecule has 5 heteroatoms. The average Bonchev–Trinajstić information content (AvgIpc) is 2.85. The van der Waals surface area contributed by atoms with Crippen LogP contribution >= 0.6 is 0 Å². The van der Waals surface area contributed by atoms with Gasteiger partial charge in [-0.3, -0.25) is 4.98 Å². The van der Waals surface area contributed by atoms with Crippen LogP contribution in [-0.4, -0.2) is 35.0 Å². The first-order valence-electron chi connectivity index (χ1n) is 5.55. The lowest BCUT2D eigenvalue weighted by atomic mass is 10.4. The summed E-state index contributed by atoms with van der Waals surface area (Å²) in [6, 6.07) is 5.86. The molecule has 2 heterocycles. The van der Waals surface area contributed by atoms with Gasteiger partial charge < -0.3 is 10.1 Å². The Hall–Kier alpha value is -1.72. The van der Waals surface area contributed by atoms with Crippen LogP contribution in [0.5, 0.6) is 0 Å². The van der Waals surface area contributed by atoms with Crippen molar-refractivity contribution in [1.29, 1.82) is 0 Å². The van der Waals surface area contributed by atoms with E-state index in [0.29, 0.717) is 6.61 Å². The van der Waals surface area contributed by atoms with Gasteiger partial charge in [0.05, 0.1) is 24.2 Å². The van der Waals surface area contributed by atoms with Gasteiger partial charge in [0.1, 0.15) is 0 Å². The fourth-order valence-corrected chi connectivity index (χ4v) is 1.48. The van der Waals surface area contributed by atoms with E-state index < -0.39 is 0 Å². The van der Waals surface area contributed by atoms with Crippen molar-refractivity contribution in [3.8, 4) is 5.69 Å². The molecule has 17 heavy (non-hydrogen) atoms. The quantitative estimate of drug-likeness (QED) is 0.755. The predicted molar refractivity (Wildman–Crippen MR) is 64.9 cm³/mol. The van der Waals surface area contributed by atoms with Gasteiger partial charge in [-0.1, -0.05) is 0 Å². The number of nitrogens with zero attached hydrogens (tertiary/aromatic N) is 3. The van der Waals surface area contributed by atoms with Crippen molar-refractivity contribution in [2.24, 2.45) is 0 Å². The molecule has 2 aromatic heterocycles. The molecule has 90 valence electrons. The molecule has 0 fully saturated rings. The minimum absolute atomic E-state index is 0.712. The molecule has 0 aromatic carbocycles. The van der Waals surface area contributed by atoms with Crippen molar-refractivity contribution < 1.29 is 4.74 Å². The highest BCUT2D eigenvalue weighted by Crippen LogP contribution is 2.04. The Morgan fingerprint density at radius 3 is 3.12 bits per heavy atom. The van der Waals surface area contributed by atoms with Crippen LogP contribution in [0.15, 0.2) is 36.8 Å². The van der Waals surface area contributed by atoms with E-state index in [9.17, 15) is 0 Å². The maximum Gasteiger partial charge on any atom is 0.0828 e. The summed E-state index contributed by atoms with van der Waals surface area (Å²) < 4.78 is 6.78. The molecular formula is C12H16N4O. The fourth-order valence-electron chi connectivity index (χ4n) is 1.48. The fraction of sp³-hybridized carbons (Fsp3) is 0.333. The zero-order chi connectivity index (χ0) is 11.9. The summed E-state index contributed by atoms with van der Waals surface area (Å²) in [5.41, 5.74) is 1.97. The van der Waals surface area contributed by atoms with E-state index in [1.807, 2.05) is 29.1 Å². The van der Waals surface area contributed by atoms with Crippen LogP contribution in [0.4, 0.5) is 0 Å². The Bertz CT molecular complexity index is 441. The first kappa shape index (κ1) is 11.8. The topological polar surface area (TPSA) is 52.0 Å². The highest BCUT2D eigenvalue weighted by atomic mass is 16.5. The Kier molecular flexibility index (Phi) is 4.23. The Morgan fingerprint density at radius 1 is 1.41 bits per heavy atom. The lowest BCUT2D eigenvalue weighted by Gasteiger charge is -2.01. The van der Waals surface area contributed by atoms with Crippen molar-refractivity contribution in [3.63, 3.8) is 0 Å². The second-order valence-electron chi connectivity index (χ2n) is 3.63.